The van der Waals surface area contributed by atoms with E-state index in [2.05, 4.69) is 15.2 Å². The Hall–Kier alpha value is -3.16. The first-order chi connectivity index (χ1) is 9.66. The van der Waals surface area contributed by atoms with Gasteiger partial charge in [-0.1, -0.05) is 18.2 Å². The van der Waals surface area contributed by atoms with E-state index in [0.717, 1.165) is 5.69 Å². The number of para-hydroxylation sites is 1. The molecule has 20 heavy (non-hydrogen) atoms. The lowest BCUT2D eigenvalue weighted by atomic mass is 10.3. The Kier molecular flexibility index (Phi) is 2.68. The van der Waals surface area contributed by atoms with Crippen LogP contribution in [0.1, 0.15) is 10.6 Å². The number of carboxylic acids is 1. The van der Waals surface area contributed by atoms with Crippen LogP contribution in [-0.4, -0.2) is 31.0 Å². The van der Waals surface area contributed by atoms with Gasteiger partial charge in [0.05, 0.1) is 11.9 Å². The summed E-state index contributed by atoms with van der Waals surface area (Å²) in [6.07, 6.45) is 1.45. The Balaban J connectivity index is 2.04. The summed E-state index contributed by atoms with van der Waals surface area (Å²) in [5.41, 5.74) is 7.13. The molecule has 0 aliphatic carbocycles. The number of carbonyl (C=O) groups is 1. The molecular formula is C12H9N5O3. The molecule has 1 aromatic carbocycles. The third-order valence-electron chi connectivity index (χ3n) is 2.65. The van der Waals surface area contributed by atoms with Crippen LogP contribution in [0.5, 0.6) is 0 Å². The first-order valence-corrected chi connectivity index (χ1v) is 5.63. The molecule has 3 aromatic rings. The molecule has 100 valence electrons. The van der Waals surface area contributed by atoms with Crippen LogP contribution in [0.3, 0.4) is 0 Å². The highest BCUT2D eigenvalue weighted by Crippen LogP contribution is 2.26. The van der Waals surface area contributed by atoms with E-state index in [9.17, 15) is 4.79 Å². The minimum Gasteiger partial charge on any atom is -0.475 e. The molecule has 8 nitrogen and oxygen atoms in total. The van der Waals surface area contributed by atoms with Crippen molar-refractivity contribution in [2.45, 2.75) is 0 Å². The van der Waals surface area contributed by atoms with E-state index in [0.29, 0.717) is 5.56 Å². The van der Waals surface area contributed by atoms with Gasteiger partial charge in [-0.3, -0.25) is 0 Å². The number of rotatable bonds is 3. The summed E-state index contributed by atoms with van der Waals surface area (Å²) in [6.45, 7) is 0. The molecule has 3 N–H and O–H groups in total. The van der Waals surface area contributed by atoms with Gasteiger partial charge in [0, 0.05) is 0 Å². The second-order valence-corrected chi connectivity index (χ2v) is 3.92. The SMILES string of the molecule is Nc1c(-c2nc(C(=O)O)no2)cnn1-c1ccccc1. The van der Waals surface area contributed by atoms with Crippen LogP contribution in [0.25, 0.3) is 17.1 Å². The molecule has 8 heteroatoms. The zero-order valence-corrected chi connectivity index (χ0v) is 10.1. The van der Waals surface area contributed by atoms with Crippen molar-refractivity contribution in [3.63, 3.8) is 0 Å². The highest BCUT2D eigenvalue weighted by Gasteiger charge is 2.19. The van der Waals surface area contributed by atoms with E-state index >= 15 is 0 Å². The average Bonchev–Trinajstić information content (AvgIpc) is 3.06. The van der Waals surface area contributed by atoms with E-state index in [1.165, 1.54) is 10.9 Å². The van der Waals surface area contributed by atoms with Crippen LogP contribution in [0.15, 0.2) is 41.1 Å². The van der Waals surface area contributed by atoms with Crippen molar-refractivity contribution < 1.29 is 14.4 Å². The first kappa shape index (κ1) is 11.9. The predicted molar refractivity (Wildman–Crippen MR) is 68.2 cm³/mol. The number of aromatic carboxylic acids is 1. The maximum Gasteiger partial charge on any atom is 0.377 e. The molecular weight excluding hydrogens is 262 g/mol. The molecule has 0 spiro atoms. The Labute approximate surface area is 112 Å². The largest absolute Gasteiger partial charge is 0.475 e. The fraction of sp³-hybridized carbons (Fsp3) is 0. The minimum absolute atomic E-state index is 0.0158. The number of carboxylic acid groups (broad SMARTS) is 1. The normalized spacial score (nSPS) is 10.6. The van der Waals surface area contributed by atoms with Gasteiger partial charge in [0.1, 0.15) is 11.4 Å². The van der Waals surface area contributed by atoms with Crippen molar-refractivity contribution in [1.82, 2.24) is 19.9 Å². The van der Waals surface area contributed by atoms with Gasteiger partial charge in [0.25, 0.3) is 11.7 Å². The Morgan fingerprint density at radius 2 is 2.05 bits per heavy atom. The van der Waals surface area contributed by atoms with E-state index in [1.807, 2.05) is 30.3 Å². The summed E-state index contributed by atoms with van der Waals surface area (Å²) in [4.78, 5) is 14.5. The van der Waals surface area contributed by atoms with Crippen molar-refractivity contribution in [3.05, 3.63) is 42.4 Å². The Bertz CT molecular complexity index is 763. The number of hydrogen-bond acceptors (Lipinski definition) is 6. The lowest BCUT2D eigenvalue weighted by Gasteiger charge is -2.03. The minimum atomic E-state index is -1.27. The lowest BCUT2D eigenvalue weighted by molar-refractivity contribution is 0.0680. The monoisotopic (exact) mass is 271 g/mol. The van der Waals surface area contributed by atoms with Crippen LogP contribution in [-0.2, 0) is 0 Å². The summed E-state index contributed by atoms with van der Waals surface area (Å²) in [5.74, 6) is -1.39. The summed E-state index contributed by atoms with van der Waals surface area (Å²) in [5, 5.41) is 16.2. The van der Waals surface area contributed by atoms with Gasteiger partial charge in [-0.15, -0.1) is 0 Å². The predicted octanol–water partition coefficient (Wildman–Crippen LogP) is 1.20. The number of aromatic nitrogens is 4. The number of nitrogens with two attached hydrogens (primary N) is 1. The third-order valence-corrected chi connectivity index (χ3v) is 2.65. The molecule has 0 saturated carbocycles. The van der Waals surface area contributed by atoms with Gasteiger partial charge in [-0.25, -0.2) is 9.48 Å². The van der Waals surface area contributed by atoms with Gasteiger partial charge in [-0.05, 0) is 17.3 Å². The number of benzene rings is 1. The average molecular weight is 271 g/mol. The Morgan fingerprint density at radius 1 is 1.30 bits per heavy atom. The van der Waals surface area contributed by atoms with Crippen molar-refractivity contribution in [2.24, 2.45) is 0 Å². The molecule has 2 heterocycles. The molecule has 0 aliphatic rings. The summed E-state index contributed by atoms with van der Waals surface area (Å²) in [6, 6.07) is 9.26. The van der Waals surface area contributed by atoms with Crippen LogP contribution in [0, 0.1) is 0 Å². The topological polar surface area (TPSA) is 120 Å². The molecule has 0 radical (unpaired) electrons. The third kappa shape index (κ3) is 1.88. The van der Waals surface area contributed by atoms with E-state index < -0.39 is 11.8 Å². The van der Waals surface area contributed by atoms with Gasteiger partial charge >= 0.3 is 5.97 Å². The van der Waals surface area contributed by atoms with Gasteiger partial charge in [0.2, 0.25) is 0 Å². The summed E-state index contributed by atoms with van der Waals surface area (Å²) < 4.78 is 6.37. The molecule has 0 fully saturated rings. The van der Waals surface area contributed by atoms with Crippen LogP contribution < -0.4 is 5.73 Å². The molecule has 0 unspecified atom stereocenters. The molecule has 0 aliphatic heterocycles. The number of nitrogens with zero attached hydrogens (tertiary/aromatic N) is 4. The second-order valence-electron chi connectivity index (χ2n) is 3.92. The highest BCUT2D eigenvalue weighted by atomic mass is 16.5. The zero-order chi connectivity index (χ0) is 14.1. The van der Waals surface area contributed by atoms with Crippen LogP contribution >= 0.6 is 0 Å². The van der Waals surface area contributed by atoms with Crippen molar-refractivity contribution in [1.29, 1.82) is 0 Å². The second kappa shape index (κ2) is 4.50. The van der Waals surface area contributed by atoms with Gasteiger partial charge in [-0.2, -0.15) is 10.1 Å². The molecule has 3 rings (SSSR count). The number of anilines is 1. The number of hydrogen-bond donors (Lipinski definition) is 2. The van der Waals surface area contributed by atoms with Crippen molar-refractivity contribution in [3.8, 4) is 17.1 Å². The van der Waals surface area contributed by atoms with E-state index in [-0.39, 0.29) is 11.7 Å². The van der Waals surface area contributed by atoms with E-state index in [4.69, 9.17) is 15.4 Å². The first-order valence-electron chi connectivity index (χ1n) is 5.63. The van der Waals surface area contributed by atoms with Crippen LogP contribution in [0.4, 0.5) is 5.82 Å². The molecule has 0 saturated heterocycles. The zero-order valence-electron chi connectivity index (χ0n) is 10.1. The maximum atomic E-state index is 10.7. The molecule has 0 atom stereocenters. The van der Waals surface area contributed by atoms with Gasteiger partial charge < -0.3 is 15.4 Å². The fourth-order valence-corrected chi connectivity index (χ4v) is 1.72. The summed E-state index contributed by atoms with van der Waals surface area (Å²) >= 11 is 0. The van der Waals surface area contributed by atoms with Crippen molar-refractivity contribution >= 4 is 11.8 Å². The van der Waals surface area contributed by atoms with E-state index in [1.54, 1.807) is 0 Å². The molecule has 0 bridgehead atoms. The molecule has 2 aromatic heterocycles. The standard InChI is InChI=1S/C12H9N5O3/c13-9-8(11-15-10(12(18)19)16-20-11)6-14-17(9)7-4-2-1-3-5-7/h1-6H,13H2,(H,18,19). The highest BCUT2D eigenvalue weighted by molar-refractivity contribution is 5.83. The van der Waals surface area contributed by atoms with Gasteiger partial charge in [0.15, 0.2) is 0 Å². The fourth-order valence-electron chi connectivity index (χ4n) is 1.72. The Morgan fingerprint density at radius 3 is 2.70 bits per heavy atom. The quantitative estimate of drug-likeness (QED) is 0.734. The smallest absolute Gasteiger partial charge is 0.377 e. The lowest BCUT2D eigenvalue weighted by Crippen LogP contribution is -2.02. The molecule has 0 amide bonds. The maximum absolute atomic E-state index is 10.7. The number of nitrogen functional groups attached to an aromatic ring is 1. The summed E-state index contributed by atoms with van der Waals surface area (Å²) in [7, 11) is 0. The van der Waals surface area contributed by atoms with Crippen LogP contribution in [0.2, 0.25) is 0 Å². The van der Waals surface area contributed by atoms with Crippen molar-refractivity contribution in [2.75, 3.05) is 5.73 Å².